The lowest BCUT2D eigenvalue weighted by atomic mass is 9.61. The molecule has 0 aliphatic heterocycles. The van der Waals surface area contributed by atoms with Crippen LogP contribution in [0.15, 0.2) is 70.7 Å². The van der Waals surface area contributed by atoms with Gasteiger partial charge in [0.05, 0.1) is 22.9 Å². The third kappa shape index (κ3) is 5.12. The molecule has 2 N–H and O–H groups in total. The minimum atomic E-state index is -3.25. The van der Waals surface area contributed by atoms with Crippen molar-refractivity contribution in [1.29, 1.82) is 0 Å². The second-order valence-corrected chi connectivity index (χ2v) is 13.2. The summed E-state index contributed by atoms with van der Waals surface area (Å²) in [4.78, 5) is 0.424. The summed E-state index contributed by atoms with van der Waals surface area (Å²) in [6, 6.07) is 8.80. The highest BCUT2D eigenvalue weighted by Crippen LogP contribution is 2.59. The zero-order valence-electron chi connectivity index (χ0n) is 20.6. The van der Waals surface area contributed by atoms with Crippen LogP contribution in [0.5, 0.6) is 0 Å². The van der Waals surface area contributed by atoms with Gasteiger partial charge in [-0.1, -0.05) is 56.4 Å². The van der Waals surface area contributed by atoms with Crippen molar-refractivity contribution in [3.8, 4) is 0 Å². The fourth-order valence-electron chi connectivity index (χ4n) is 6.97. The number of allylic oxidation sites excluding steroid dienone is 3. The van der Waals surface area contributed by atoms with Crippen LogP contribution < -0.4 is 0 Å². The molecule has 5 heteroatoms. The Morgan fingerprint density at radius 3 is 2.65 bits per heavy atom. The van der Waals surface area contributed by atoms with E-state index in [2.05, 4.69) is 32.6 Å². The SMILES string of the molecule is C=C1C(=CC=C2CCC[C@]3(C)[C@@H]([C@H](C)CCS(=O)(=O)c4ccccc4)CC[C@@H]23)C[C@H](O)C[C@H]1O. The molecule has 186 valence electrons. The first-order valence-electron chi connectivity index (χ1n) is 12.8. The molecule has 1 aromatic rings. The summed E-state index contributed by atoms with van der Waals surface area (Å²) in [5.74, 6) is 1.60. The fourth-order valence-corrected chi connectivity index (χ4v) is 8.46. The van der Waals surface area contributed by atoms with Gasteiger partial charge < -0.3 is 10.2 Å². The predicted molar refractivity (Wildman–Crippen MR) is 137 cm³/mol. The fraction of sp³-hybridized carbons (Fsp3) is 0.586. The quantitative estimate of drug-likeness (QED) is 0.549. The van der Waals surface area contributed by atoms with E-state index in [-0.39, 0.29) is 11.2 Å². The maximum absolute atomic E-state index is 12.8. The summed E-state index contributed by atoms with van der Waals surface area (Å²) >= 11 is 0. The van der Waals surface area contributed by atoms with Gasteiger partial charge in [-0.25, -0.2) is 8.42 Å². The van der Waals surface area contributed by atoms with Crippen molar-refractivity contribution in [1.82, 2.24) is 0 Å². The van der Waals surface area contributed by atoms with E-state index in [9.17, 15) is 18.6 Å². The average Bonchev–Trinajstić information content (AvgIpc) is 3.17. The molecule has 0 aromatic heterocycles. The van der Waals surface area contributed by atoms with Crippen LogP contribution in [0.4, 0.5) is 0 Å². The number of hydrogen-bond donors (Lipinski definition) is 2. The Kier molecular flexibility index (Phi) is 7.56. The third-order valence-corrected chi connectivity index (χ3v) is 10.7. The standard InChI is InChI=1S/C29H40O4S/c1-20(15-17-34(32,33)25-9-5-4-6-10-25)26-13-14-27-22(8-7-16-29(26,27)3)11-12-23-18-24(30)19-28(31)21(23)2/h4-6,9-12,20,24,26-28,30-31H,2,7-8,13-19H2,1,3H3/t20-,24+,26-,27+,28-,29-/m1/s1. The van der Waals surface area contributed by atoms with Gasteiger partial charge in [-0.2, -0.15) is 0 Å². The van der Waals surface area contributed by atoms with Gasteiger partial charge in [-0.15, -0.1) is 0 Å². The van der Waals surface area contributed by atoms with E-state index in [1.54, 1.807) is 24.3 Å². The van der Waals surface area contributed by atoms with Crippen molar-refractivity contribution in [2.75, 3.05) is 5.75 Å². The molecule has 0 unspecified atom stereocenters. The molecule has 0 spiro atoms. The van der Waals surface area contributed by atoms with Gasteiger partial charge in [-0.05, 0) is 91.4 Å². The molecule has 1 aromatic carbocycles. The Morgan fingerprint density at radius 1 is 1.18 bits per heavy atom. The number of hydrogen-bond acceptors (Lipinski definition) is 4. The van der Waals surface area contributed by atoms with E-state index < -0.39 is 22.0 Å². The number of fused-ring (bicyclic) bond motifs is 1. The van der Waals surface area contributed by atoms with Crippen molar-refractivity contribution in [3.05, 3.63) is 65.8 Å². The number of benzene rings is 1. The maximum atomic E-state index is 12.8. The molecule has 4 rings (SSSR count). The zero-order chi connectivity index (χ0) is 24.5. The van der Waals surface area contributed by atoms with Gasteiger partial charge >= 0.3 is 0 Å². The summed E-state index contributed by atoms with van der Waals surface area (Å²) in [6.07, 6.45) is 10.5. The highest BCUT2D eigenvalue weighted by Gasteiger charge is 2.50. The van der Waals surface area contributed by atoms with Crippen molar-refractivity contribution < 1.29 is 18.6 Å². The molecule has 3 aliphatic carbocycles. The third-order valence-electron chi connectivity index (χ3n) is 8.93. The monoisotopic (exact) mass is 484 g/mol. The highest BCUT2D eigenvalue weighted by molar-refractivity contribution is 7.91. The molecule has 0 radical (unpaired) electrons. The normalized spacial score (nSPS) is 35.5. The molecule has 0 heterocycles. The molecular weight excluding hydrogens is 444 g/mol. The molecule has 3 aliphatic rings. The first kappa shape index (κ1) is 25.4. The number of sulfone groups is 1. The lowest BCUT2D eigenvalue weighted by Crippen LogP contribution is -2.36. The Labute approximate surface area is 205 Å². The van der Waals surface area contributed by atoms with Gasteiger partial charge in [0.1, 0.15) is 0 Å². The Bertz CT molecular complexity index is 1050. The van der Waals surface area contributed by atoms with Gasteiger partial charge in [0.2, 0.25) is 0 Å². The molecule has 3 fully saturated rings. The van der Waals surface area contributed by atoms with Gasteiger partial charge in [0, 0.05) is 6.42 Å². The second kappa shape index (κ2) is 10.1. The van der Waals surface area contributed by atoms with Crippen LogP contribution in [0.1, 0.15) is 65.2 Å². The molecule has 0 saturated heterocycles. The zero-order valence-corrected chi connectivity index (χ0v) is 21.4. The number of aliphatic hydroxyl groups excluding tert-OH is 2. The summed E-state index contributed by atoms with van der Waals surface area (Å²) in [5, 5.41) is 20.2. The van der Waals surface area contributed by atoms with E-state index in [4.69, 9.17) is 0 Å². The highest BCUT2D eigenvalue weighted by atomic mass is 32.2. The van der Waals surface area contributed by atoms with Crippen LogP contribution in [-0.2, 0) is 9.84 Å². The molecule has 6 atom stereocenters. The second-order valence-electron chi connectivity index (χ2n) is 11.1. The van der Waals surface area contributed by atoms with Gasteiger partial charge in [-0.3, -0.25) is 0 Å². The van der Waals surface area contributed by atoms with Crippen molar-refractivity contribution >= 4 is 9.84 Å². The first-order valence-corrected chi connectivity index (χ1v) is 14.5. The summed E-state index contributed by atoms with van der Waals surface area (Å²) < 4.78 is 25.6. The van der Waals surface area contributed by atoms with Crippen LogP contribution in [0.2, 0.25) is 0 Å². The maximum Gasteiger partial charge on any atom is 0.178 e. The first-order chi connectivity index (χ1) is 16.1. The lowest BCUT2D eigenvalue weighted by Gasteiger charge is -2.44. The van der Waals surface area contributed by atoms with Crippen LogP contribution in [0, 0.1) is 23.2 Å². The van der Waals surface area contributed by atoms with E-state index in [0.717, 1.165) is 36.8 Å². The van der Waals surface area contributed by atoms with E-state index in [1.807, 2.05) is 6.07 Å². The Balaban J connectivity index is 1.46. The summed E-state index contributed by atoms with van der Waals surface area (Å²) in [6.45, 7) is 8.71. The van der Waals surface area contributed by atoms with E-state index in [1.165, 1.54) is 12.0 Å². The number of rotatable bonds is 6. The minimum absolute atomic E-state index is 0.196. The van der Waals surface area contributed by atoms with Crippen LogP contribution in [0.25, 0.3) is 0 Å². The molecule has 3 saturated carbocycles. The van der Waals surface area contributed by atoms with Crippen LogP contribution >= 0.6 is 0 Å². The van der Waals surface area contributed by atoms with Crippen molar-refractivity contribution in [2.45, 2.75) is 82.3 Å². The van der Waals surface area contributed by atoms with Gasteiger partial charge in [0.25, 0.3) is 0 Å². The average molecular weight is 485 g/mol. The van der Waals surface area contributed by atoms with Crippen molar-refractivity contribution in [2.24, 2.45) is 23.2 Å². The van der Waals surface area contributed by atoms with E-state index >= 15 is 0 Å². The lowest BCUT2D eigenvalue weighted by molar-refractivity contribution is 0.0861. The topological polar surface area (TPSA) is 74.6 Å². The largest absolute Gasteiger partial charge is 0.393 e. The summed E-state index contributed by atoms with van der Waals surface area (Å²) in [5.41, 5.74) is 3.36. The minimum Gasteiger partial charge on any atom is -0.393 e. The molecular formula is C29H40O4S. The summed E-state index contributed by atoms with van der Waals surface area (Å²) in [7, 11) is -3.25. The van der Waals surface area contributed by atoms with E-state index in [0.29, 0.717) is 41.9 Å². The number of aliphatic hydroxyl groups is 2. The molecule has 0 amide bonds. The van der Waals surface area contributed by atoms with Crippen LogP contribution in [0.3, 0.4) is 0 Å². The Hall–Kier alpha value is -1.69. The molecule has 34 heavy (non-hydrogen) atoms. The van der Waals surface area contributed by atoms with Crippen LogP contribution in [-0.4, -0.2) is 36.6 Å². The smallest absolute Gasteiger partial charge is 0.178 e. The molecule has 0 bridgehead atoms. The Morgan fingerprint density at radius 2 is 1.91 bits per heavy atom. The predicted octanol–water partition coefficient (Wildman–Crippen LogP) is 5.63. The molecule has 4 nitrogen and oxygen atoms in total. The van der Waals surface area contributed by atoms with Gasteiger partial charge in [0.15, 0.2) is 9.84 Å². The van der Waals surface area contributed by atoms with Crippen molar-refractivity contribution in [3.63, 3.8) is 0 Å².